The maximum absolute atomic E-state index is 6.00. The van der Waals surface area contributed by atoms with Gasteiger partial charge in [-0.2, -0.15) is 0 Å². The molecule has 0 aromatic carbocycles. The van der Waals surface area contributed by atoms with Crippen molar-refractivity contribution in [1.29, 1.82) is 0 Å². The van der Waals surface area contributed by atoms with Gasteiger partial charge in [-0.25, -0.2) is 0 Å². The smallest absolute Gasteiger partial charge is 0.191 e. The zero-order chi connectivity index (χ0) is 10.7. The SMILES string of the molecule is CCCCC1CN=C(N)N1C1CCCC1. The summed E-state index contributed by atoms with van der Waals surface area (Å²) in [5, 5.41) is 0. The van der Waals surface area contributed by atoms with Crippen molar-refractivity contribution in [2.45, 2.75) is 64.0 Å². The predicted octanol–water partition coefficient (Wildman–Crippen LogP) is 2.12. The summed E-state index contributed by atoms with van der Waals surface area (Å²) in [6.07, 6.45) is 9.21. The fraction of sp³-hybridized carbons (Fsp3) is 0.917. The minimum atomic E-state index is 0.605. The van der Waals surface area contributed by atoms with Crippen LogP contribution in [-0.2, 0) is 0 Å². The maximum Gasteiger partial charge on any atom is 0.191 e. The Bertz CT molecular complexity index is 231. The Kier molecular flexibility index (Phi) is 3.49. The van der Waals surface area contributed by atoms with Gasteiger partial charge in [-0.05, 0) is 19.3 Å². The van der Waals surface area contributed by atoms with Gasteiger partial charge in [0.05, 0.1) is 12.6 Å². The number of guanidine groups is 1. The first kappa shape index (κ1) is 10.8. The van der Waals surface area contributed by atoms with E-state index >= 15 is 0 Å². The van der Waals surface area contributed by atoms with Crippen LogP contribution in [0, 0.1) is 0 Å². The zero-order valence-corrected chi connectivity index (χ0v) is 9.78. The Hall–Kier alpha value is -0.730. The van der Waals surface area contributed by atoms with Gasteiger partial charge in [-0.15, -0.1) is 0 Å². The highest BCUT2D eigenvalue weighted by Gasteiger charge is 2.32. The third-order valence-corrected chi connectivity index (χ3v) is 3.73. The van der Waals surface area contributed by atoms with Crippen molar-refractivity contribution in [2.24, 2.45) is 10.7 Å². The molecule has 86 valence electrons. The van der Waals surface area contributed by atoms with Gasteiger partial charge in [0.1, 0.15) is 0 Å². The molecular formula is C12H23N3. The molecule has 1 unspecified atom stereocenters. The van der Waals surface area contributed by atoms with Crippen LogP contribution in [0.25, 0.3) is 0 Å². The zero-order valence-electron chi connectivity index (χ0n) is 9.78. The van der Waals surface area contributed by atoms with E-state index in [-0.39, 0.29) is 0 Å². The Morgan fingerprint density at radius 2 is 2.13 bits per heavy atom. The maximum atomic E-state index is 6.00. The van der Waals surface area contributed by atoms with E-state index in [1.807, 2.05) is 0 Å². The van der Waals surface area contributed by atoms with Crippen LogP contribution in [0.4, 0.5) is 0 Å². The van der Waals surface area contributed by atoms with E-state index < -0.39 is 0 Å². The van der Waals surface area contributed by atoms with Crippen LogP contribution < -0.4 is 5.73 Å². The van der Waals surface area contributed by atoms with Crippen LogP contribution in [0.1, 0.15) is 51.9 Å². The van der Waals surface area contributed by atoms with Gasteiger partial charge in [0.2, 0.25) is 0 Å². The van der Waals surface area contributed by atoms with E-state index in [9.17, 15) is 0 Å². The molecule has 1 heterocycles. The topological polar surface area (TPSA) is 41.6 Å². The number of rotatable bonds is 4. The summed E-state index contributed by atoms with van der Waals surface area (Å²) in [6.45, 7) is 3.18. The Morgan fingerprint density at radius 3 is 2.80 bits per heavy atom. The Labute approximate surface area is 92.7 Å². The fourth-order valence-corrected chi connectivity index (χ4v) is 2.89. The van der Waals surface area contributed by atoms with E-state index in [4.69, 9.17) is 5.73 Å². The lowest BCUT2D eigenvalue weighted by molar-refractivity contribution is 0.245. The summed E-state index contributed by atoms with van der Waals surface area (Å²) in [4.78, 5) is 6.84. The predicted molar refractivity (Wildman–Crippen MR) is 63.9 cm³/mol. The van der Waals surface area contributed by atoms with Crippen molar-refractivity contribution in [3.63, 3.8) is 0 Å². The van der Waals surface area contributed by atoms with E-state index in [2.05, 4.69) is 16.8 Å². The van der Waals surface area contributed by atoms with Gasteiger partial charge in [0.25, 0.3) is 0 Å². The van der Waals surface area contributed by atoms with Crippen molar-refractivity contribution < 1.29 is 0 Å². The summed E-state index contributed by atoms with van der Waals surface area (Å²) in [5.41, 5.74) is 6.00. The molecule has 1 aliphatic carbocycles. The third-order valence-electron chi connectivity index (χ3n) is 3.73. The summed E-state index contributed by atoms with van der Waals surface area (Å²) in [7, 11) is 0. The van der Waals surface area contributed by atoms with Gasteiger partial charge >= 0.3 is 0 Å². The van der Waals surface area contributed by atoms with Crippen molar-refractivity contribution in [3.8, 4) is 0 Å². The molecule has 0 radical (unpaired) electrons. The molecule has 2 N–H and O–H groups in total. The number of unbranched alkanes of at least 4 members (excludes halogenated alkanes) is 1. The van der Waals surface area contributed by atoms with Crippen LogP contribution in [0.5, 0.6) is 0 Å². The molecule has 1 saturated carbocycles. The number of hydrogen-bond acceptors (Lipinski definition) is 3. The molecule has 0 spiro atoms. The van der Waals surface area contributed by atoms with E-state index in [1.165, 1.54) is 44.9 Å². The third kappa shape index (κ3) is 2.27. The second-order valence-corrected chi connectivity index (χ2v) is 4.84. The molecule has 3 nitrogen and oxygen atoms in total. The highest BCUT2D eigenvalue weighted by atomic mass is 15.3. The van der Waals surface area contributed by atoms with Gasteiger partial charge < -0.3 is 10.6 Å². The first-order chi connectivity index (χ1) is 7.33. The Morgan fingerprint density at radius 1 is 1.40 bits per heavy atom. The lowest BCUT2D eigenvalue weighted by Crippen LogP contribution is -2.46. The first-order valence-electron chi connectivity index (χ1n) is 6.41. The second kappa shape index (κ2) is 4.86. The molecule has 0 aromatic rings. The van der Waals surface area contributed by atoms with Crippen molar-refractivity contribution in [3.05, 3.63) is 0 Å². The molecule has 15 heavy (non-hydrogen) atoms. The minimum Gasteiger partial charge on any atom is -0.370 e. The lowest BCUT2D eigenvalue weighted by atomic mass is 10.1. The lowest BCUT2D eigenvalue weighted by Gasteiger charge is -2.32. The fourth-order valence-electron chi connectivity index (χ4n) is 2.89. The Balaban J connectivity index is 1.94. The molecule has 1 aliphatic heterocycles. The molecule has 0 amide bonds. The summed E-state index contributed by atoms with van der Waals surface area (Å²) in [5.74, 6) is 0.808. The first-order valence-corrected chi connectivity index (χ1v) is 6.41. The van der Waals surface area contributed by atoms with Crippen LogP contribution in [0.15, 0.2) is 4.99 Å². The standard InChI is InChI=1S/C12H23N3/c1-2-3-6-11-9-14-12(13)15(11)10-7-4-5-8-10/h10-11H,2-9H2,1H3,(H2,13,14). The monoisotopic (exact) mass is 209 g/mol. The van der Waals surface area contributed by atoms with E-state index in [0.717, 1.165) is 12.5 Å². The quantitative estimate of drug-likeness (QED) is 0.770. The number of nitrogens with two attached hydrogens (primary N) is 1. The average molecular weight is 209 g/mol. The molecule has 1 atom stereocenters. The second-order valence-electron chi connectivity index (χ2n) is 4.84. The summed E-state index contributed by atoms with van der Waals surface area (Å²) >= 11 is 0. The molecule has 1 fully saturated rings. The van der Waals surface area contributed by atoms with Gasteiger partial charge in [0, 0.05) is 6.04 Å². The van der Waals surface area contributed by atoms with Gasteiger partial charge in [0.15, 0.2) is 5.96 Å². The molecule has 2 rings (SSSR count). The largest absolute Gasteiger partial charge is 0.370 e. The summed E-state index contributed by atoms with van der Waals surface area (Å²) < 4.78 is 0. The summed E-state index contributed by atoms with van der Waals surface area (Å²) in [6, 6.07) is 1.30. The average Bonchev–Trinajstić information content (AvgIpc) is 2.84. The van der Waals surface area contributed by atoms with Crippen LogP contribution in [-0.4, -0.2) is 29.5 Å². The van der Waals surface area contributed by atoms with Gasteiger partial charge in [-0.1, -0.05) is 32.6 Å². The highest BCUT2D eigenvalue weighted by molar-refractivity contribution is 5.80. The normalized spacial score (nSPS) is 27.4. The van der Waals surface area contributed by atoms with Crippen LogP contribution in [0.3, 0.4) is 0 Å². The van der Waals surface area contributed by atoms with Crippen molar-refractivity contribution >= 4 is 5.96 Å². The van der Waals surface area contributed by atoms with Crippen molar-refractivity contribution in [2.75, 3.05) is 6.54 Å². The highest BCUT2D eigenvalue weighted by Crippen LogP contribution is 2.28. The number of aliphatic imine (C=N–C) groups is 1. The van der Waals surface area contributed by atoms with E-state index in [0.29, 0.717) is 12.1 Å². The van der Waals surface area contributed by atoms with E-state index in [1.54, 1.807) is 0 Å². The number of nitrogens with zero attached hydrogens (tertiary/aromatic N) is 2. The van der Waals surface area contributed by atoms with Gasteiger partial charge in [-0.3, -0.25) is 4.99 Å². The van der Waals surface area contributed by atoms with Crippen molar-refractivity contribution in [1.82, 2.24) is 4.90 Å². The number of hydrogen-bond donors (Lipinski definition) is 1. The molecule has 0 saturated heterocycles. The molecule has 0 aromatic heterocycles. The van der Waals surface area contributed by atoms with Crippen LogP contribution in [0.2, 0.25) is 0 Å². The van der Waals surface area contributed by atoms with Crippen LogP contribution >= 0.6 is 0 Å². The molecule has 2 aliphatic rings. The molecule has 0 bridgehead atoms. The molecule has 3 heteroatoms. The molecular weight excluding hydrogens is 186 g/mol. The minimum absolute atomic E-state index is 0.605.